The van der Waals surface area contributed by atoms with Crippen molar-refractivity contribution in [2.24, 2.45) is 0 Å². The molecule has 0 radical (unpaired) electrons. The van der Waals surface area contributed by atoms with Gasteiger partial charge in [0.05, 0.1) is 9.79 Å². The number of carbonyl (C=O) groups is 1. The van der Waals surface area contributed by atoms with Crippen LogP contribution in [-0.2, 0) is 20.0 Å². The van der Waals surface area contributed by atoms with Crippen molar-refractivity contribution < 1.29 is 21.6 Å². The molecule has 2 aromatic carbocycles. The van der Waals surface area contributed by atoms with Gasteiger partial charge in [0.15, 0.2) is 0 Å². The molecule has 156 valence electrons. The molecule has 2 aromatic rings. The van der Waals surface area contributed by atoms with E-state index in [2.05, 4.69) is 5.43 Å². The number of sulfonamides is 2. The van der Waals surface area contributed by atoms with E-state index in [1.165, 1.54) is 40.7 Å². The summed E-state index contributed by atoms with van der Waals surface area (Å²) in [5, 5.41) is 0. The van der Waals surface area contributed by atoms with Crippen molar-refractivity contribution in [2.45, 2.75) is 35.5 Å². The van der Waals surface area contributed by atoms with Crippen LogP contribution in [0.15, 0.2) is 64.4 Å². The number of hydrogen-bond acceptors (Lipinski definition) is 5. The smallest absolute Gasteiger partial charge is 0.266 e. The Morgan fingerprint density at radius 2 is 1.34 bits per heavy atom. The standard InChI is InChI=1S/C19H23N3O5S2/c23-19(20-21-28(24,25)17-8-4-3-5-9-17)16-10-12-18(13-11-16)29(26,27)22-14-6-1-2-7-15-22/h3-5,8-13,21H,1-2,6-7,14-15H2,(H,20,23). The van der Waals surface area contributed by atoms with Crippen LogP contribution in [0, 0.1) is 0 Å². The van der Waals surface area contributed by atoms with Crippen molar-refractivity contribution in [3.8, 4) is 0 Å². The summed E-state index contributed by atoms with van der Waals surface area (Å²) in [6.07, 6.45) is 3.70. The molecule has 0 unspecified atom stereocenters. The minimum absolute atomic E-state index is 0.0131. The fraction of sp³-hybridized carbons (Fsp3) is 0.316. The van der Waals surface area contributed by atoms with Gasteiger partial charge in [-0.2, -0.15) is 4.31 Å². The van der Waals surface area contributed by atoms with Crippen LogP contribution in [0.2, 0.25) is 0 Å². The summed E-state index contributed by atoms with van der Waals surface area (Å²) in [4.78, 5) is 14.4. The molecule has 0 bridgehead atoms. The van der Waals surface area contributed by atoms with Gasteiger partial charge in [0, 0.05) is 18.7 Å². The maximum atomic E-state index is 12.8. The molecule has 29 heavy (non-hydrogen) atoms. The maximum Gasteiger partial charge on any atom is 0.266 e. The molecule has 1 aliphatic heterocycles. The molecule has 0 spiro atoms. The van der Waals surface area contributed by atoms with Gasteiger partial charge in [0.25, 0.3) is 15.9 Å². The van der Waals surface area contributed by atoms with E-state index in [0.29, 0.717) is 13.1 Å². The maximum absolute atomic E-state index is 12.8. The number of rotatable bonds is 6. The Labute approximate surface area is 171 Å². The number of hydrazine groups is 1. The molecular weight excluding hydrogens is 414 g/mol. The Balaban J connectivity index is 1.67. The van der Waals surface area contributed by atoms with E-state index < -0.39 is 26.0 Å². The van der Waals surface area contributed by atoms with Crippen molar-refractivity contribution in [3.05, 3.63) is 60.2 Å². The molecule has 8 nitrogen and oxygen atoms in total. The van der Waals surface area contributed by atoms with Crippen LogP contribution < -0.4 is 10.3 Å². The van der Waals surface area contributed by atoms with Crippen LogP contribution in [0.25, 0.3) is 0 Å². The highest BCUT2D eigenvalue weighted by molar-refractivity contribution is 7.89. The first kappa shape index (κ1) is 21.4. The van der Waals surface area contributed by atoms with Crippen LogP contribution in [0.3, 0.4) is 0 Å². The molecule has 10 heteroatoms. The normalized spacial score (nSPS) is 16.1. The highest BCUT2D eigenvalue weighted by Crippen LogP contribution is 2.20. The van der Waals surface area contributed by atoms with Crippen molar-refractivity contribution in [1.29, 1.82) is 0 Å². The van der Waals surface area contributed by atoms with E-state index >= 15 is 0 Å². The van der Waals surface area contributed by atoms with Gasteiger partial charge in [-0.05, 0) is 49.2 Å². The molecule has 0 aliphatic carbocycles. The van der Waals surface area contributed by atoms with Gasteiger partial charge in [-0.15, -0.1) is 4.83 Å². The molecule has 1 fully saturated rings. The summed E-state index contributed by atoms with van der Waals surface area (Å²) in [7, 11) is -7.51. The van der Waals surface area contributed by atoms with E-state index in [0.717, 1.165) is 25.7 Å². The predicted molar refractivity (Wildman–Crippen MR) is 108 cm³/mol. The first-order valence-electron chi connectivity index (χ1n) is 9.28. The molecule has 0 atom stereocenters. The lowest BCUT2D eigenvalue weighted by Gasteiger charge is -2.20. The van der Waals surface area contributed by atoms with Gasteiger partial charge in [0.2, 0.25) is 10.0 Å². The molecule has 3 rings (SSSR count). The van der Waals surface area contributed by atoms with Gasteiger partial charge in [-0.1, -0.05) is 31.0 Å². The quantitative estimate of drug-likeness (QED) is 0.670. The summed E-state index contributed by atoms with van der Waals surface area (Å²) >= 11 is 0. The number of benzene rings is 2. The Morgan fingerprint density at radius 1 is 0.759 bits per heavy atom. The average molecular weight is 438 g/mol. The zero-order valence-corrected chi connectivity index (χ0v) is 17.4. The minimum Gasteiger partial charge on any atom is -0.273 e. The number of carbonyl (C=O) groups excluding carboxylic acids is 1. The fourth-order valence-corrected chi connectivity index (χ4v) is 5.43. The lowest BCUT2D eigenvalue weighted by atomic mass is 10.2. The fourth-order valence-electron chi connectivity index (χ4n) is 3.05. The SMILES string of the molecule is O=C(NNS(=O)(=O)c1ccccc1)c1ccc(S(=O)(=O)N2CCCCCC2)cc1. The predicted octanol–water partition coefficient (Wildman–Crippen LogP) is 1.87. The van der Waals surface area contributed by atoms with Crippen molar-refractivity contribution in [3.63, 3.8) is 0 Å². The highest BCUT2D eigenvalue weighted by atomic mass is 32.2. The number of nitrogens with zero attached hydrogens (tertiary/aromatic N) is 1. The van der Waals surface area contributed by atoms with E-state index in [-0.39, 0.29) is 15.4 Å². The largest absolute Gasteiger partial charge is 0.273 e. The zero-order valence-electron chi connectivity index (χ0n) is 15.7. The van der Waals surface area contributed by atoms with Crippen molar-refractivity contribution in [2.75, 3.05) is 13.1 Å². The van der Waals surface area contributed by atoms with Gasteiger partial charge in [-0.3, -0.25) is 10.2 Å². The monoisotopic (exact) mass is 437 g/mol. The molecule has 0 saturated carbocycles. The Kier molecular flexibility index (Phi) is 6.68. The van der Waals surface area contributed by atoms with Crippen LogP contribution in [0.5, 0.6) is 0 Å². The Hall–Kier alpha value is -2.27. The summed E-state index contributed by atoms with van der Waals surface area (Å²) < 4.78 is 51.3. The molecular formula is C19H23N3O5S2. The van der Waals surface area contributed by atoms with Crippen molar-refractivity contribution >= 4 is 26.0 Å². The lowest BCUT2D eigenvalue weighted by Crippen LogP contribution is -2.41. The average Bonchev–Trinajstić information content (AvgIpc) is 3.03. The van der Waals surface area contributed by atoms with Gasteiger partial charge in [-0.25, -0.2) is 16.8 Å². The second-order valence-corrected chi connectivity index (χ2v) is 10.3. The third kappa shape index (κ3) is 5.21. The molecule has 1 aliphatic rings. The second kappa shape index (κ2) is 9.04. The van der Waals surface area contributed by atoms with Crippen LogP contribution in [0.1, 0.15) is 36.0 Å². The van der Waals surface area contributed by atoms with Crippen LogP contribution in [-0.4, -0.2) is 40.1 Å². The van der Waals surface area contributed by atoms with Crippen LogP contribution >= 0.6 is 0 Å². The van der Waals surface area contributed by atoms with Gasteiger partial charge in [0.1, 0.15) is 0 Å². The zero-order chi connectivity index (χ0) is 20.9. The van der Waals surface area contributed by atoms with Crippen molar-refractivity contribution in [1.82, 2.24) is 14.6 Å². The van der Waals surface area contributed by atoms with Gasteiger partial charge < -0.3 is 0 Å². The summed E-state index contributed by atoms with van der Waals surface area (Å²) in [6.45, 7) is 0.984. The van der Waals surface area contributed by atoms with E-state index in [1.54, 1.807) is 18.2 Å². The lowest BCUT2D eigenvalue weighted by molar-refractivity contribution is 0.0945. The number of amides is 1. The first-order chi connectivity index (χ1) is 13.8. The van der Waals surface area contributed by atoms with Gasteiger partial charge >= 0.3 is 0 Å². The molecule has 1 amide bonds. The molecule has 1 heterocycles. The number of nitrogens with one attached hydrogen (secondary N) is 2. The molecule has 0 aromatic heterocycles. The third-order valence-electron chi connectivity index (χ3n) is 4.67. The summed E-state index contributed by atoms with van der Waals surface area (Å²) in [5.74, 6) is -0.691. The highest BCUT2D eigenvalue weighted by Gasteiger charge is 2.25. The Morgan fingerprint density at radius 3 is 1.93 bits per heavy atom. The summed E-state index contributed by atoms with van der Waals surface area (Å²) in [6, 6.07) is 13.1. The summed E-state index contributed by atoms with van der Waals surface area (Å²) in [5.41, 5.74) is 2.27. The van der Waals surface area contributed by atoms with E-state index in [1.807, 2.05) is 4.83 Å². The topological polar surface area (TPSA) is 113 Å². The molecule has 1 saturated heterocycles. The molecule has 2 N–H and O–H groups in total. The Bertz CT molecular complexity index is 1040. The van der Waals surface area contributed by atoms with E-state index in [9.17, 15) is 21.6 Å². The number of hydrogen-bond donors (Lipinski definition) is 2. The van der Waals surface area contributed by atoms with Crippen LogP contribution in [0.4, 0.5) is 0 Å². The second-order valence-electron chi connectivity index (χ2n) is 6.72. The minimum atomic E-state index is -3.90. The van der Waals surface area contributed by atoms with E-state index in [4.69, 9.17) is 0 Å². The first-order valence-corrected chi connectivity index (χ1v) is 12.2. The third-order valence-corrected chi connectivity index (χ3v) is 7.85.